The van der Waals surface area contributed by atoms with Gasteiger partial charge in [0, 0.05) is 24.0 Å². The van der Waals surface area contributed by atoms with Gasteiger partial charge in [0.2, 0.25) is 5.91 Å². The van der Waals surface area contributed by atoms with E-state index in [2.05, 4.69) is 9.97 Å². The summed E-state index contributed by atoms with van der Waals surface area (Å²) in [5, 5.41) is 0.714. The van der Waals surface area contributed by atoms with Crippen LogP contribution in [0, 0.1) is 5.92 Å². The van der Waals surface area contributed by atoms with Crippen molar-refractivity contribution in [3.63, 3.8) is 0 Å². The van der Waals surface area contributed by atoms with Crippen molar-refractivity contribution in [1.29, 1.82) is 0 Å². The molecule has 0 spiro atoms. The first kappa shape index (κ1) is 17.6. The molecule has 1 aromatic carbocycles. The first-order valence-corrected chi connectivity index (χ1v) is 9.85. The molecule has 2 heterocycles. The van der Waals surface area contributed by atoms with Crippen molar-refractivity contribution in [2.45, 2.75) is 50.6 Å². The zero-order valence-electron chi connectivity index (χ0n) is 14.8. The summed E-state index contributed by atoms with van der Waals surface area (Å²) in [7, 11) is 0. The van der Waals surface area contributed by atoms with E-state index in [0.717, 1.165) is 55.7 Å². The fraction of sp³-hybridized carbons (Fsp3) is 0.500. The van der Waals surface area contributed by atoms with E-state index in [1.54, 1.807) is 0 Å². The van der Waals surface area contributed by atoms with Crippen LogP contribution in [0.2, 0.25) is 5.02 Å². The number of nitrogens with two attached hydrogens (primary N) is 1. The third-order valence-corrected chi connectivity index (χ3v) is 6.05. The molecule has 4 rings (SSSR count). The summed E-state index contributed by atoms with van der Waals surface area (Å²) in [5.74, 6) is 1.43. The van der Waals surface area contributed by atoms with Gasteiger partial charge in [0.05, 0.1) is 17.9 Å². The maximum atomic E-state index is 12.9. The smallest absolute Gasteiger partial charge is 0.223 e. The van der Waals surface area contributed by atoms with Gasteiger partial charge in [-0.25, -0.2) is 4.98 Å². The topological polar surface area (TPSA) is 75.0 Å². The quantitative estimate of drug-likeness (QED) is 0.854. The Kier molecular flexibility index (Phi) is 5.00. The molecule has 1 aromatic heterocycles. The minimum atomic E-state index is 0.0428. The summed E-state index contributed by atoms with van der Waals surface area (Å²) >= 11 is 5.96. The lowest BCUT2D eigenvalue weighted by Crippen LogP contribution is -2.35. The molecule has 138 valence electrons. The van der Waals surface area contributed by atoms with Gasteiger partial charge in [0.1, 0.15) is 5.82 Å². The Morgan fingerprint density at radius 1 is 1.23 bits per heavy atom. The molecule has 2 aromatic rings. The molecule has 1 unspecified atom stereocenters. The largest absolute Gasteiger partial charge is 0.340 e. The van der Waals surface area contributed by atoms with Crippen LogP contribution in [0.4, 0.5) is 0 Å². The normalized spacial score (nSPS) is 25.8. The number of nitrogens with zero attached hydrogens (tertiary/aromatic N) is 2. The summed E-state index contributed by atoms with van der Waals surface area (Å²) < 4.78 is 0. The van der Waals surface area contributed by atoms with Crippen molar-refractivity contribution in [2.24, 2.45) is 11.7 Å². The molecule has 0 bridgehead atoms. The van der Waals surface area contributed by atoms with E-state index < -0.39 is 0 Å². The lowest BCUT2D eigenvalue weighted by Gasteiger charge is -2.25. The zero-order valence-corrected chi connectivity index (χ0v) is 15.6. The van der Waals surface area contributed by atoms with Gasteiger partial charge >= 0.3 is 0 Å². The summed E-state index contributed by atoms with van der Waals surface area (Å²) in [6, 6.07) is 7.90. The van der Waals surface area contributed by atoms with Crippen LogP contribution in [0.25, 0.3) is 11.3 Å². The van der Waals surface area contributed by atoms with Gasteiger partial charge in [0.15, 0.2) is 0 Å². The Morgan fingerprint density at radius 3 is 2.77 bits per heavy atom. The van der Waals surface area contributed by atoms with Crippen molar-refractivity contribution in [2.75, 3.05) is 6.54 Å². The standard InChI is InChI=1S/C20H25ClN4O/c21-15-8-6-13(7-9-15)17-12-23-20(24-17)18-5-2-10-25(18)19(26)11-14-3-1-4-16(14)22/h6-9,12,14,16,18H,1-5,10-11,22H2,(H,23,24)/t14-,16+,18?/m0/s1. The van der Waals surface area contributed by atoms with Crippen LogP contribution in [-0.4, -0.2) is 33.4 Å². The number of likely N-dealkylation sites (tertiary alicyclic amines) is 1. The van der Waals surface area contributed by atoms with E-state index in [-0.39, 0.29) is 18.0 Å². The number of hydrogen-bond acceptors (Lipinski definition) is 3. The monoisotopic (exact) mass is 372 g/mol. The van der Waals surface area contributed by atoms with Gasteiger partial charge in [-0.2, -0.15) is 0 Å². The number of nitrogens with one attached hydrogen (secondary N) is 1. The molecule has 5 nitrogen and oxygen atoms in total. The Bertz CT molecular complexity index is 772. The molecule has 1 aliphatic heterocycles. The fourth-order valence-corrected chi connectivity index (χ4v) is 4.42. The minimum Gasteiger partial charge on any atom is -0.340 e. The number of carbonyl (C=O) groups excluding carboxylic acids is 1. The van der Waals surface area contributed by atoms with Gasteiger partial charge in [-0.1, -0.05) is 30.2 Å². The van der Waals surface area contributed by atoms with E-state index in [0.29, 0.717) is 17.4 Å². The Morgan fingerprint density at radius 2 is 2.04 bits per heavy atom. The predicted molar refractivity (Wildman–Crippen MR) is 103 cm³/mol. The van der Waals surface area contributed by atoms with Crippen LogP contribution in [0.1, 0.15) is 50.4 Å². The number of amides is 1. The number of halogens is 1. The van der Waals surface area contributed by atoms with Crippen molar-refractivity contribution in [3.8, 4) is 11.3 Å². The number of aromatic amines is 1. The molecule has 0 radical (unpaired) electrons. The van der Waals surface area contributed by atoms with Gasteiger partial charge in [-0.05, 0) is 49.3 Å². The summed E-state index contributed by atoms with van der Waals surface area (Å²) in [6.45, 7) is 0.808. The Balaban J connectivity index is 1.48. The minimum absolute atomic E-state index is 0.0428. The Hall–Kier alpha value is -1.85. The molecule has 1 saturated carbocycles. The third-order valence-electron chi connectivity index (χ3n) is 5.79. The second-order valence-corrected chi connectivity index (χ2v) is 7.93. The number of hydrogen-bond donors (Lipinski definition) is 2. The number of aromatic nitrogens is 2. The maximum absolute atomic E-state index is 12.9. The third kappa shape index (κ3) is 3.51. The second-order valence-electron chi connectivity index (χ2n) is 7.49. The first-order chi connectivity index (χ1) is 12.6. The van der Waals surface area contributed by atoms with Gasteiger partial charge in [-0.3, -0.25) is 4.79 Å². The highest BCUT2D eigenvalue weighted by Gasteiger charge is 2.34. The van der Waals surface area contributed by atoms with Crippen LogP contribution in [0.15, 0.2) is 30.5 Å². The molecular formula is C20H25ClN4O. The number of imidazole rings is 1. The molecule has 1 saturated heterocycles. The van der Waals surface area contributed by atoms with E-state index in [1.807, 2.05) is 35.4 Å². The number of rotatable bonds is 4. The van der Waals surface area contributed by atoms with Gasteiger partial charge in [-0.15, -0.1) is 0 Å². The molecule has 2 fully saturated rings. The van der Waals surface area contributed by atoms with Crippen molar-refractivity contribution < 1.29 is 4.79 Å². The number of carbonyl (C=O) groups is 1. The van der Waals surface area contributed by atoms with E-state index >= 15 is 0 Å². The summed E-state index contributed by atoms with van der Waals surface area (Å²) in [4.78, 5) is 22.8. The van der Waals surface area contributed by atoms with E-state index in [4.69, 9.17) is 17.3 Å². The highest BCUT2D eigenvalue weighted by Crippen LogP contribution is 2.34. The van der Waals surface area contributed by atoms with Gasteiger partial charge < -0.3 is 15.6 Å². The van der Waals surface area contributed by atoms with Crippen LogP contribution in [-0.2, 0) is 4.79 Å². The lowest BCUT2D eigenvalue weighted by molar-refractivity contribution is -0.133. The van der Waals surface area contributed by atoms with Crippen LogP contribution >= 0.6 is 11.6 Å². The second kappa shape index (κ2) is 7.41. The first-order valence-electron chi connectivity index (χ1n) is 9.47. The Labute approximate surface area is 158 Å². The molecule has 3 atom stereocenters. The van der Waals surface area contributed by atoms with E-state index in [9.17, 15) is 4.79 Å². The molecule has 1 aliphatic carbocycles. The zero-order chi connectivity index (χ0) is 18.1. The predicted octanol–water partition coefficient (Wildman–Crippen LogP) is 3.91. The average molecular weight is 373 g/mol. The summed E-state index contributed by atoms with van der Waals surface area (Å²) in [6.07, 6.45) is 7.65. The van der Waals surface area contributed by atoms with Gasteiger partial charge in [0.25, 0.3) is 0 Å². The fourth-order valence-electron chi connectivity index (χ4n) is 4.29. The number of benzene rings is 1. The van der Waals surface area contributed by atoms with Crippen molar-refractivity contribution in [3.05, 3.63) is 41.3 Å². The molecule has 1 amide bonds. The molecule has 2 aliphatic rings. The van der Waals surface area contributed by atoms with Crippen LogP contribution in [0.5, 0.6) is 0 Å². The summed E-state index contributed by atoms with van der Waals surface area (Å²) in [5.41, 5.74) is 8.15. The average Bonchev–Trinajstić information content (AvgIpc) is 3.36. The van der Waals surface area contributed by atoms with Crippen molar-refractivity contribution >= 4 is 17.5 Å². The highest BCUT2D eigenvalue weighted by atomic mass is 35.5. The molecular weight excluding hydrogens is 348 g/mol. The maximum Gasteiger partial charge on any atom is 0.223 e. The number of H-pyrrole nitrogens is 1. The highest BCUT2D eigenvalue weighted by molar-refractivity contribution is 6.30. The molecule has 26 heavy (non-hydrogen) atoms. The van der Waals surface area contributed by atoms with E-state index in [1.165, 1.54) is 0 Å². The van der Waals surface area contributed by atoms with Crippen molar-refractivity contribution in [1.82, 2.24) is 14.9 Å². The lowest BCUT2D eigenvalue weighted by atomic mass is 9.99. The van der Waals surface area contributed by atoms with Crippen LogP contribution in [0.3, 0.4) is 0 Å². The molecule has 6 heteroatoms. The molecule has 3 N–H and O–H groups in total. The SMILES string of the molecule is N[C@@H]1CCC[C@H]1CC(=O)N1CCCC1c1ncc(-c2ccc(Cl)cc2)[nH]1. The van der Waals surface area contributed by atoms with Crippen LogP contribution < -0.4 is 5.73 Å².